The second-order valence-corrected chi connectivity index (χ2v) is 7.19. The third kappa shape index (κ3) is 3.52. The van der Waals surface area contributed by atoms with E-state index in [-0.39, 0.29) is 0 Å². The molecule has 2 aliphatic rings. The average Bonchev–Trinajstić information content (AvgIpc) is 3.10. The molecule has 0 saturated carbocycles. The van der Waals surface area contributed by atoms with Crippen molar-refractivity contribution in [2.24, 2.45) is 5.92 Å². The lowest BCUT2D eigenvalue weighted by molar-refractivity contribution is 0.154. The molecule has 24 heavy (non-hydrogen) atoms. The lowest BCUT2D eigenvalue weighted by Gasteiger charge is -2.33. The molecule has 0 radical (unpaired) electrons. The number of ether oxygens (including phenoxy) is 1. The number of rotatable bonds is 4. The van der Waals surface area contributed by atoms with E-state index in [9.17, 15) is 0 Å². The van der Waals surface area contributed by atoms with E-state index < -0.39 is 0 Å². The third-order valence-electron chi connectivity index (χ3n) is 5.26. The fraction of sp³-hybridized carbons (Fsp3) is 0.579. The molecule has 1 aromatic heterocycles. The van der Waals surface area contributed by atoms with Gasteiger partial charge in [-0.15, -0.1) is 0 Å². The molecule has 0 amide bonds. The van der Waals surface area contributed by atoms with Gasteiger partial charge in [0, 0.05) is 37.7 Å². The number of aryl methyl sites for hydroxylation is 1. The Hall–Kier alpha value is -1.72. The SMILES string of the molecule is Cc1ccc2ncnc(NC3CCN(CC4CCOC4)CC3)c2c1. The first-order valence-corrected chi connectivity index (χ1v) is 9.06. The number of fused-ring (bicyclic) bond motifs is 1. The number of anilines is 1. The van der Waals surface area contributed by atoms with Gasteiger partial charge >= 0.3 is 0 Å². The van der Waals surface area contributed by atoms with Crippen LogP contribution in [0.5, 0.6) is 0 Å². The molecule has 2 saturated heterocycles. The fourth-order valence-corrected chi connectivity index (χ4v) is 3.83. The fourth-order valence-electron chi connectivity index (χ4n) is 3.83. The van der Waals surface area contributed by atoms with E-state index in [1.54, 1.807) is 6.33 Å². The van der Waals surface area contributed by atoms with Crippen molar-refractivity contribution in [3.05, 3.63) is 30.1 Å². The van der Waals surface area contributed by atoms with E-state index >= 15 is 0 Å². The van der Waals surface area contributed by atoms with Gasteiger partial charge in [-0.05, 0) is 44.2 Å². The zero-order chi connectivity index (χ0) is 16.4. The van der Waals surface area contributed by atoms with E-state index in [2.05, 4.69) is 45.3 Å². The van der Waals surface area contributed by atoms with Gasteiger partial charge in [-0.25, -0.2) is 9.97 Å². The van der Waals surface area contributed by atoms with Crippen molar-refractivity contribution >= 4 is 16.7 Å². The van der Waals surface area contributed by atoms with Crippen LogP contribution in [0.3, 0.4) is 0 Å². The standard InChI is InChI=1S/C19H26N4O/c1-14-2-3-18-17(10-14)19(21-13-20-18)22-16-4-7-23(8-5-16)11-15-6-9-24-12-15/h2-3,10,13,15-16H,4-9,11-12H2,1H3,(H,20,21,22). The molecule has 4 rings (SSSR count). The Kier molecular flexibility index (Phi) is 4.63. The molecule has 2 fully saturated rings. The van der Waals surface area contributed by atoms with Crippen LogP contribution in [0.2, 0.25) is 0 Å². The largest absolute Gasteiger partial charge is 0.381 e. The van der Waals surface area contributed by atoms with Gasteiger partial charge in [-0.3, -0.25) is 0 Å². The highest BCUT2D eigenvalue weighted by molar-refractivity contribution is 5.89. The van der Waals surface area contributed by atoms with Gasteiger partial charge in [-0.1, -0.05) is 11.6 Å². The molecule has 0 bridgehead atoms. The second kappa shape index (κ2) is 7.03. The maximum Gasteiger partial charge on any atom is 0.137 e. The molecule has 1 aromatic carbocycles. The maximum atomic E-state index is 5.50. The van der Waals surface area contributed by atoms with Crippen molar-refractivity contribution in [1.29, 1.82) is 0 Å². The third-order valence-corrected chi connectivity index (χ3v) is 5.26. The Labute approximate surface area is 143 Å². The average molecular weight is 326 g/mol. The summed E-state index contributed by atoms with van der Waals surface area (Å²) in [6.45, 7) is 7.53. The molecule has 2 aromatic rings. The van der Waals surface area contributed by atoms with Crippen molar-refractivity contribution in [2.75, 3.05) is 38.2 Å². The van der Waals surface area contributed by atoms with Crippen LogP contribution >= 0.6 is 0 Å². The van der Waals surface area contributed by atoms with Crippen LogP contribution in [0.15, 0.2) is 24.5 Å². The normalized spacial score (nSPS) is 23.0. The van der Waals surface area contributed by atoms with Crippen LogP contribution in [0.1, 0.15) is 24.8 Å². The van der Waals surface area contributed by atoms with Gasteiger partial charge in [0.15, 0.2) is 0 Å². The Balaban J connectivity index is 1.37. The first-order valence-electron chi connectivity index (χ1n) is 9.06. The van der Waals surface area contributed by atoms with Crippen LogP contribution < -0.4 is 5.32 Å². The summed E-state index contributed by atoms with van der Waals surface area (Å²) in [5.41, 5.74) is 2.26. The van der Waals surface area contributed by atoms with Crippen molar-refractivity contribution in [1.82, 2.24) is 14.9 Å². The van der Waals surface area contributed by atoms with Gasteiger partial charge in [0.05, 0.1) is 12.1 Å². The summed E-state index contributed by atoms with van der Waals surface area (Å²) in [7, 11) is 0. The van der Waals surface area contributed by atoms with E-state index in [1.807, 2.05) is 0 Å². The number of nitrogens with one attached hydrogen (secondary N) is 1. The summed E-state index contributed by atoms with van der Waals surface area (Å²) in [5.74, 6) is 1.72. The molecular formula is C19H26N4O. The van der Waals surface area contributed by atoms with Gasteiger partial charge in [0.2, 0.25) is 0 Å². The molecule has 5 heteroatoms. The van der Waals surface area contributed by atoms with Crippen molar-refractivity contribution in [3.63, 3.8) is 0 Å². The first kappa shape index (κ1) is 15.8. The predicted molar refractivity (Wildman–Crippen MR) is 96.3 cm³/mol. The summed E-state index contributed by atoms with van der Waals surface area (Å²) >= 11 is 0. The number of hydrogen-bond donors (Lipinski definition) is 1. The van der Waals surface area contributed by atoms with E-state index in [1.165, 1.54) is 31.4 Å². The van der Waals surface area contributed by atoms with E-state index in [0.717, 1.165) is 48.9 Å². The van der Waals surface area contributed by atoms with Crippen LogP contribution in [-0.4, -0.2) is 53.8 Å². The van der Waals surface area contributed by atoms with Crippen molar-refractivity contribution < 1.29 is 4.74 Å². The number of likely N-dealkylation sites (tertiary alicyclic amines) is 1. The van der Waals surface area contributed by atoms with Gasteiger partial charge in [0.1, 0.15) is 12.1 Å². The highest BCUT2D eigenvalue weighted by atomic mass is 16.5. The predicted octanol–water partition coefficient (Wildman–Crippen LogP) is 2.85. The lowest BCUT2D eigenvalue weighted by atomic mass is 10.0. The van der Waals surface area contributed by atoms with Crippen LogP contribution in [0.4, 0.5) is 5.82 Å². The van der Waals surface area contributed by atoms with E-state index in [0.29, 0.717) is 6.04 Å². The van der Waals surface area contributed by atoms with Crippen molar-refractivity contribution in [3.8, 4) is 0 Å². The summed E-state index contributed by atoms with van der Waals surface area (Å²) in [6, 6.07) is 6.85. The first-order chi connectivity index (χ1) is 11.8. The van der Waals surface area contributed by atoms with Gasteiger partial charge < -0.3 is 15.0 Å². The monoisotopic (exact) mass is 326 g/mol. The molecule has 1 N–H and O–H groups in total. The topological polar surface area (TPSA) is 50.3 Å². The minimum atomic E-state index is 0.500. The van der Waals surface area contributed by atoms with Gasteiger partial charge in [0.25, 0.3) is 0 Å². The number of hydrogen-bond acceptors (Lipinski definition) is 5. The minimum Gasteiger partial charge on any atom is -0.381 e. The van der Waals surface area contributed by atoms with Crippen molar-refractivity contribution in [2.45, 2.75) is 32.2 Å². The number of aromatic nitrogens is 2. The maximum absolute atomic E-state index is 5.50. The number of benzene rings is 1. The molecule has 128 valence electrons. The number of piperidine rings is 1. The van der Waals surface area contributed by atoms with Gasteiger partial charge in [-0.2, -0.15) is 0 Å². The lowest BCUT2D eigenvalue weighted by Crippen LogP contribution is -2.41. The summed E-state index contributed by atoms with van der Waals surface area (Å²) in [6.07, 6.45) is 5.23. The Morgan fingerprint density at radius 2 is 2.08 bits per heavy atom. The summed E-state index contributed by atoms with van der Waals surface area (Å²) < 4.78 is 5.50. The molecule has 3 heterocycles. The molecule has 1 unspecified atom stereocenters. The molecule has 0 aliphatic carbocycles. The summed E-state index contributed by atoms with van der Waals surface area (Å²) in [4.78, 5) is 11.5. The molecule has 5 nitrogen and oxygen atoms in total. The van der Waals surface area contributed by atoms with Crippen LogP contribution in [0, 0.1) is 12.8 Å². The quantitative estimate of drug-likeness (QED) is 0.936. The minimum absolute atomic E-state index is 0.500. The highest BCUT2D eigenvalue weighted by Gasteiger charge is 2.24. The van der Waals surface area contributed by atoms with E-state index in [4.69, 9.17) is 4.74 Å². The summed E-state index contributed by atoms with van der Waals surface area (Å²) in [5, 5.41) is 4.79. The molecule has 1 atom stereocenters. The zero-order valence-electron chi connectivity index (χ0n) is 14.4. The number of nitrogens with zero attached hydrogens (tertiary/aromatic N) is 3. The molecular weight excluding hydrogens is 300 g/mol. The Morgan fingerprint density at radius 1 is 1.21 bits per heavy atom. The van der Waals surface area contributed by atoms with Crippen LogP contribution in [-0.2, 0) is 4.74 Å². The molecule has 2 aliphatic heterocycles. The smallest absolute Gasteiger partial charge is 0.137 e. The van der Waals surface area contributed by atoms with Crippen LogP contribution in [0.25, 0.3) is 10.9 Å². The highest BCUT2D eigenvalue weighted by Crippen LogP contribution is 2.24. The Morgan fingerprint density at radius 3 is 2.88 bits per heavy atom. The zero-order valence-corrected chi connectivity index (χ0v) is 14.4. The molecule has 0 spiro atoms. The second-order valence-electron chi connectivity index (χ2n) is 7.19. The Bertz CT molecular complexity index is 691.